The lowest BCUT2D eigenvalue weighted by Crippen LogP contribution is -2.34. The van der Waals surface area contributed by atoms with Gasteiger partial charge in [0.15, 0.2) is 0 Å². The zero-order valence-electron chi connectivity index (χ0n) is 11.8. The van der Waals surface area contributed by atoms with Crippen molar-refractivity contribution in [2.24, 2.45) is 5.92 Å². The van der Waals surface area contributed by atoms with Crippen molar-refractivity contribution in [2.75, 3.05) is 20.1 Å². The molecule has 1 saturated heterocycles. The summed E-state index contributed by atoms with van der Waals surface area (Å²) in [7, 11) is 2.24. The number of halogens is 1. The Morgan fingerprint density at radius 3 is 2.84 bits per heavy atom. The standard InChI is InChI=1S/C16H22N2.ClH/c1-13-10-15-7-3-4-8-16(15)18(13)12-14-6-5-9-17(2)11-14;/h3-4,7-8,10,14H,5-6,9,11-12H2,1-2H3;1H. The van der Waals surface area contributed by atoms with Gasteiger partial charge in [0.25, 0.3) is 0 Å². The molecule has 0 spiro atoms. The molecule has 0 radical (unpaired) electrons. The maximum Gasteiger partial charge on any atom is 0.0482 e. The van der Waals surface area contributed by atoms with E-state index in [1.807, 2.05) is 0 Å². The van der Waals surface area contributed by atoms with Crippen LogP contribution in [-0.4, -0.2) is 29.6 Å². The van der Waals surface area contributed by atoms with E-state index in [4.69, 9.17) is 0 Å². The summed E-state index contributed by atoms with van der Waals surface area (Å²) in [6.45, 7) is 5.91. The molecule has 1 aliphatic rings. The summed E-state index contributed by atoms with van der Waals surface area (Å²) in [6, 6.07) is 11.0. The predicted molar refractivity (Wildman–Crippen MR) is 84.1 cm³/mol. The second-order valence-electron chi connectivity index (χ2n) is 5.73. The van der Waals surface area contributed by atoms with Crippen molar-refractivity contribution in [3.05, 3.63) is 36.0 Å². The van der Waals surface area contributed by atoms with E-state index in [9.17, 15) is 0 Å². The molecule has 1 fully saturated rings. The summed E-state index contributed by atoms with van der Waals surface area (Å²) in [5.74, 6) is 0.804. The van der Waals surface area contributed by atoms with Crippen LogP contribution in [-0.2, 0) is 6.54 Å². The number of likely N-dealkylation sites (tertiary alicyclic amines) is 1. The van der Waals surface area contributed by atoms with Gasteiger partial charge >= 0.3 is 0 Å². The Kier molecular flexibility index (Phi) is 4.54. The average molecular weight is 279 g/mol. The van der Waals surface area contributed by atoms with Crippen LogP contribution in [0, 0.1) is 12.8 Å². The van der Waals surface area contributed by atoms with Gasteiger partial charge in [-0.1, -0.05) is 18.2 Å². The molecule has 2 heterocycles. The highest BCUT2D eigenvalue weighted by molar-refractivity contribution is 5.85. The number of nitrogens with zero attached hydrogens (tertiary/aromatic N) is 2. The van der Waals surface area contributed by atoms with E-state index in [0.29, 0.717) is 0 Å². The predicted octanol–water partition coefficient (Wildman–Crippen LogP) is 3.71. The number of aromatic nitrogens is 1. The third kappa shape index (κ3) is 2.96. The molecule has 0 amide bonds. The van der Waals surface area contributed by atoms with Gasteiger partial charge in [0.1, 0.15) is 0 Å². The fourth-order valence-corrected chi connectivity index (χ4v) is 3.27. The highest BCUT2D eigenvalue weighted by Crippen LogP contribution is 2.23. The number of piperidine rings is 1. The number of hydrogen-bond donors (Lipinski definition) is 0. The van der Waals surface area contributed by atoms with Crippen molar-refractivity contribution in [2.45, 2.75) is 26.3 Å². The van der Waals surface area contributed by atoms with E-state index in [-0.39, 0.29) is 12.4 Å². The number of aryl methyl sites for hydroxylation is 1. The summed E-state index contributed by atoms with van der Waals surface area (Å²) in [5, 5.41) is 1.37. The minimum atomic E-state index is 0. The van der Waals surface area contributed by atoms with Crippen molar-refractivity contribution in [1.29, 1.82) is 0 Å². The van der Waals surface area contributed by atoms with E-state index >= 15 is 0 Å². The van der Waals surface area contributed by atoms with Crippen LogP contribution in [0.3, 0.4) is 0 Å². The lowest BCUT2D eigenvalue weighted by molar-refractivity contribution is 0.195. The van der Waals surface area contributed by atoms with Crippen LogP contribution in [0.1, 0.15) is 18.5 Å². The molecule has 0 saturated carbocycles. The first kappa shape index (κ1) is 14.4. The first-order valence-electron chi connectivity index (χ1n) is 6.97. The van der Waals surface area contributed by atoms with Gasteiger partial charge in [0.05, 0.1) is 0 Å². The largest absolute Gasteiger partial charge is 0.345 e. The smallest absolute Gasteiger partial charge is 0.0482 e. The van der Waals surface area contributed by atoms with E-state index in [0.717, 1.165) is 5.92 Å². The number of para-hydroxylation sites is 1. The van der Waals surface area contributed by atoms with Crippen LogP contribution in [0.4, 0.5) is 0 Å². The number of benzene rings is 1. The second-order valence-corrected chi connectivity index (χ2v) is 5.73. The zero-order chi connectivity index (χ0) is 12.5. The van der Waals surface area contributed by atoms with Crippen LogP contribution < -0.4 is 0 Å². The molecule has 0 aliphatic carbocycles. The van der Waals surface area contributed by atoms with Crippen molar-refractivity contribution >= 4 is 23.3 Å². The Balaban J connectivity index is 0.00000133. The Hall–Kier alpha value is -0.990. The van der Waals surface area contributed by atoms with Gasteiger partial charge in [-0.15, -0.1) is 12.4 Å². The highest BCUT2D eigenvalue weighted by atomic mass is 35.5. The molecule has 3 heteroatoms. The van der Waals surface area contributed by atoms with Gasteiger partial charge in [-0.05, 0) is 56.8 Å². The Morgan fingerprint density at radius 1 is 1.26 bits per heavy atom. The molecule has 1 atom stereocenters. The molecule has 3 rings (SSSR count). The number of fused-ring (bicyclic) bond motifs is 1. The van der Waals surface area contributed by atoms with Crippen molar-refractivity contribution in [1.82, 2.24) is 9.47 Å². The monoisotopic (exact) mass is 278 g/mol. The fourth-order valence-electron chi connectivity index (χ4n) is 3.27. The summed E-state index contributed by atoms with van der Waals surface area (Å²) in [6.07, 6.45) is 2.72. The first-order chi connectivity index (χ1) is 8.74. The lowest BCUT2D eigenvalue weighted by atomic mass is 9.98. The molecule has 1 aliphatic heterocycles. The zero-order valence-corrected chi connectivity index (χ0v) is 12.6. The number of rotatable bonds is 2. The first-order valence-corrected chi connectivity index (χ1v) is 6.97. The SMILES string of the molecule is Cc1cc2ccccc2n1CC1CCCN(C)C1.Cl. The van der Waals surface area contributed by atoms with Gasteiger partial charge in [0, 0.05) is 24.3 Å². The molecule has 1 unspecified atom stereocenters. The maximum absolute atomic E-state index is 2.50. The molecule has 104 valence electrons. The van der Waals surface area contributed by atoms with Crippen LogP contribution in [0.5, 0.6) is 0 Å². The molecular formula is C16H23ClN2. The molecule has 2 nitrogen and oxygen atoms in total. The molecular weight excluding hydrogens is 256 g/mol. The van der Waals surface area contributed by atoms with Crippen LogP contribution >= 0.6 is 12.4 Å². The third-order valence-corrected chi connectivity index (χ3v) is 4.18. The van der Waals surface area contributed by atoms with Crippen molar-refractivity contribution in [3.63, 3.8) is 0 Å². The quantitative estimate of drug-likeness (QED) is 0.813. The van der Waals surface area contributed by atoms with Gasteiger partial charge in [-0.2, -0.15) is 0 Å². The van der Waals surface area contributed by atoms with E-state index in [1.54, 1.807) is 0 Å². The molecule has 0 N–H and O–H groups in total. The van der Waals surface area contributed by atoms with Crippen molar-refractivity contribution in [3.8, 4) is 0 Å². The summed E-state index contributed by atoms with van der Waals surface area (Å²) >= 11 is 0. The number of hydrogen-bond acceptors (Lipinski definition) is 1. The molecule has 0 bridgehead atoms. The molecule has 1 aromatic carbocycles. The van der Waals surface area contributed by atoms with Crippen LogP contribution in [0.2, 0.25) is 0 Å². The average Bonchev–Trinajstić information content (AvgIpc) is 2.66. The fraction of sp³-hybridized carbons (Fsp3) is 0.500. The van der Waals surface area contributed by atoms with Gasteiger partial charge in [-0.3, -0.25) is 0 Å². The molecule has 2 aromatic rings. The molecule has 1 aromatic heterocycles. The summed E-state index contributed by atoms with van der Waals surface area (Å²) < 4.78 is 2.50. The van der Waals surface area contributed by atoms with E-state index in [2.05, 4.69) is 53.8 Å². The normalized spacial score (nSPS) is 20.4. The highest BCUT2D eigenvalue weighted by Gasteiger charge is 2.18. The van der Waals surface area contributed by atoms with Crippen LogP contribution in [0.15, 0.2) is 30.3 Å². The minimum Gasteiger partial charge on any atom is -0.345 e. The topological polar surface area (TPSA) is 8.17 Å². The van der Waals surface area contributed by atoms with E-state index in [1.165, 1.54) is 49.1 Å². The second kappa shape index (κ2) is 5.98. The summed E-state index contributed by atoms with van der Waals surface area (Å²) in [4.78, 5) is 2.47. The Morgan fingerprint density at radius 2 is 2.05 bits per heavy atom. The Bertz CT molecular complexity index is 547. The van der Waals surface area contributed by atoms with Crippen molar-refractivity contribution < 1.29 is 0 Å². The van der Waals surface area contributed by atoms with Gasteiger partial charge in [0.2, 0.25) is 0 Å². The summed E-state index contributed by atoms with van der Waals surface area (Å²) in [5.41, 5.74) is 2.78. The molecule has 19 heavy (non-hydrogen) atoms. The van der Waals surface area contributed by atoms with Gasteiger partial charge in [-0.25, -0.2) is 0 Å². The third-order valence-electron chi connectivity index (χ3n) is 4.18. The van der Waals surface area contributed by atoms with Crippen LogP contribution in [0.25, 0.3) is 10.9 Å². The lowest BCUT2D eigenvalue weighted by Gasteiger charge is -2.30. The minimum absolute atomic E-state index is 0. The van der Waals surface area contributed by atoms with E-state index < -0.39 is 0 Å². The Labute approximate surface area is 121 Å². The maximum atomic E-state index is 2.50. The van der Waals surface area contributed by atoms with Gasteiger partial charge < -0.3 is 9.47 Å².